The summed E-state index contributed by atoms with van der Waals surface area (Å²) in [6.45, 7) is 11.7. The van der Waals surface area contributed by atoms with Crippen molar-refractivity contribution in [1.29, 1.82) is 0 Å². The number of ether oxygens (including phenoxy) is 2. The molecule has 0 radical (unpaired) electrons. The van der Waals surface area contributed by atoms with Gasteiger partial charge in [0.1, 0.15) is 11.3 Å². The van der Waals surface area contributed by atoms with E-state index in [0.717, 1.165) is 12.8 Å². The summed E-state index contributed by atoms with van der Waals surface area (Å²) < 4.78 is 11.2. The smallest absolute Gasteiger partial charge is 0.412 e. The Kier molecular flexibility index (Phi) is 6.68. The van der Waals surface area contributed by atoms with Gasteiger partial charge in [-0.1, -0.05) is 32.6 Å². The highest BCUT2D eigenvalue weighted by molar-refractivity contribution is 5.69. The zero-order chi connectivity index (χ0) is 17.0. The van der Waals surface area contributed by atoms with Crippen molar-refractivity contribution in [2.45, 2.75) is 97.1 Å². The molecule has 1 rings (SSSR count). The van der Waals surface area contributed by atoms with E-state index in [9.17, 15) is 9.90 Å². The Balaban J connectivity index is 2.70. The number of carbonyl (C=O) groups is 1. The number of carbonyl (C=O) groups excluding carboxylic acids is 1. The number of rotatable bonds is 6. The summed E-state index contributed by atoms with van der Waals surface area (Å²) in [6, 6.07) is -0.341. The van der Waals surface area contributed by atoms with Gasteiger partial charge in [0, 0.05) is 0 Å². The van der Waals surface area contributed by atoms with Crippen LogP contribution in [0, 0.1) is 0 Å². The van der Waals surface area contributed by atoms with Gasteiger partial charge in [-0.15, -0.1) is 0 Å². The quantitative estimate of drug-likeness (QED) is 0.759. The van der Waals surface area contributed by atoms with Crippen molar-refractivity contribution in [2.24, 2.45) is 0 Å². The van der Waals surface area contributed by atoms with Crippen LogP contribution in [-0.4, -0.2) is 46.2 Å². The maximum atomic E-state index is 12.5. The monoisotopic (exact) mass is 315 g/mol. The van der Waals surface area contributed by atoms with Crippen LogP contribution in [0.25, 0.3) is 0 Å². The van der Waals surface area contributed by atoms with Crippen molar-refractivity contribution in [3.63, 3.8) is 0 Å². The number of hydrogen-bond donors (Lipinski definition) is 1. The first-order valence-electron chi connectivity index (χ1n) is 8.43. The molecule has 1 heterocycles. The van der Waals surface area contributed by atoms with Crippen LogP contribution in [0.15, 0.2) is 0 Å². The molecule has 1 saturated heterocycles. The van der Waals surface area contributed by atoms with Crippen LogP contribution >= 0.6 is 0 Å². The number of aliphatic hydroxyl groups is 1. The van der Waals surface area contributed by atoms with Crippen molar-refractivity contribution in [2.75, 3.05) is 6.61 Å². The second kappa shape index (κ2) is 7.64. The van der Waals surface area contributed by atoms with E-state index in [1.54, 1.807) is 4.90 Å². The molecule has 2 atom stereocenters. The summed E-state index contributed by atoms with van der Waals surface area (Å²) in [6.07, 6.45) is 4.10. The lowest BCUT2D eigenvalue weighted by Crippen LogP contribution is -2.53. The van der Waals surface area contributed by atoms with E-state index in [-0.39, 0.29) is 6.04 Å². The average Bonchev–Trinajstić information content (AvgIpc) is 2.68. The van der Waals surface area contributed by atoms with Crippen molar-refractivity contribution in [1.82, 2.24) is 4.90 Å². The maximum Gasteiger partial charge on any atom is 0.412 e. The molecular formula is C17H33NO4. The largest absolute Gasteiger partial charge is 0.444 e. The van der Waals surface area contributed by atoms with E-state index in [4.69, 9.17) is 9.47 Å². The van der Waals surface area contributed by atoms with Crippen LogP contribution in [0.5, 0.6) is 0 Å². The Hall–Kier alpha value is -0.810. The fourth-order valence-corrected chi connectivity index (χ4v) is 2.75. The first-order chi connectivity index (χ1) is 10.1. The Morgan fingerprint density at radius 2 is 2.00 bits per heavy atom. The predicted molar refractivity (Wildman–Crippen MR) is 86.7 cm³/mol. The van der Waals surface area contributed by atoms with Gasteiger partial charge in [-0.25, -0.2) is 4.79 Å². The molecule has 22 heavy (non-hydrogen) atoms. The first kappa shape index (κ1) is 19.2. The fraction of sp³-hybridized carbons (Fsp3) is 0.941. The maximum absolute atomic E-state index is 12.5. The van der Waals surface area contributed by atoms with Crippen LogP contribution < -0.4 is 0 Å². The van der Waals surface area contributed by atoms with E-state index >= 15 is 0 Å². The third kappa shape index (κ3) is 5.43. The van der Waals surface area contributed by atoms with Gasteiger partial charge in [0.2, 0.25) is 0 Å². The zero-order valence-electron chi connectivity index (χ0n) is 15.0. The molecule has 0 saturated carbocycles. The number of amides is 1. The van der Waals surface area contributed by atoms with Crippen molar-refractivity contribution >= 4 is 6.09 Å². The van der Waals surface area contributed by atoms with Gasteiger partial charge in [0.05, 0.1) is 18.8 Å². The van der Waals surface area contributed by atoms with Gasteiger partial charge in [0.15, 0.2) is 0 Å². The minimum atomic E-state index is -0.753. The lowest BCUT2D eigenvalue weighted by molar-refractivity contribution is -0.0681. The lowest BCUT2D eigenvalue weighted by atomic mass is 10.0. The highest BCUT2D eigenvalue weighted by Gasteiger charge is 2.48. The minimum absolute atomic E-state index is 0.341. The molecule has 5 heteroatoms. The fourth-order valence-electron chi connectivity index (χ4n) is 2.75. The summed E-state index contributed by atoms with van der Waals surface area (Å²) in [7, 11) is 0. The number of unbranched alkanes of at least 4 members (excludes halogenated alkanes) is 3. The Labute approximate surface area is 135 Å². The van der Waals surface area contributed by atoms with E-state index in [1.807, 2.05) is 34.6 Å². The topological polar surface area (TPSA) is 59.0 Å². The minimum Gasteiger partial charge on any atom is -0.444 e. The van der Waals surface area contributed by atoms with Crippen LogP contribution in [0.4, 0.5) is 4.79 Å². The molecular weight excluding hydrogens is 282 g/mol. The molecule has 5 nitrogen and oxygen atoms in total. The van der Waals surface area contributed by atoms with Crippen LogP contribution in [0.1, 0.15) is 73.6 Å². The lowest BCUT2D eigenvalue weighted by Gasteiger charge is -2.36. The van der Waals surface area contributed by atoms with E-state index in [0.29, 0.717) is 13.0 Å². The normalized spacial score (nSPS) is 22.7. The van der Waals surface area contributed by atoms with E-state index in [1.165, 1.54) is 12.8 Å². The molecule has 130 valence electrons. The molecule has 0 unspecified atom stereocenters. The predicted octanol–water partition coefficient (Wildman–Crippen LogP) is 3.69. The third-order valence-electron chi connectivity index (χ3n) is 3.91. The summed E-state index contributed by atoms with van der Waals surface area (Å²) >= 11 is 0. The van der Waals surface area contributed by atoms with Gasteiger partial charge >= 0.3 is 6.09 Å². The van der Waals surface area contributed by atoms with E-state index in [2.05, 4.69) is 6.92 Å². The van der Waals surface area contributed by atoms with Crippen LogP contribution in [0.2, 0.25) is 0 Å². The molecule has 0 bridgehead atoms. The second-order valence-corrected chi connectivity index (χ2v) is 7.59. The van der Waals surface area contributed by atoms with E-state index < -0.39 is 23.5 Å². The van der Waals surface area contributed by atoms with Crippen molar-refractivity contribution in [3.05, 3.63) is 0 Å². The van der Waals surface area contributed by atoms with Gasteiger partial charge < -0.3 is 14.6 Å². The SMILES string of the molecule is CCCCCC[C@H](O)[C@@H]1COC(C)(C)N1C(=O)OC(C)(C)C. The molecule has 1 N–H and O–H groups in total. The standard InChI is InChI=1S/C17H33NO4/c1-7-8-9-10-11-14(19)13-12-21-17(5,6)18(13)15(20)22-16(2,3)4/h13-14,19H,7-12H2,1-6H3/t13-,14-/m0/s1. The molecule has 0 aliphatic carbocycles. The summed E-state index contributed by atoms with van der Waals surface area (Å²) in [5, 5.41) is 10.5. The molecule has 1 fully saturated rings. The Morgan fingerprint density at radius 1 is 1.36 bits per heavy atom. The van der Waals surface area contributed by atoms with Crippen molar-refractivity contribution < 1.29 is 19.4 Å². The summed E-state index contributed by atoms with van der Waals surface area (Å²) in [5.41, 5.74) is -1.32. The number of aliphatic hydroxyl groups excluding tert-OH is 1. The Morgan fingerprint density at radius 3 is 2.55 bits per heavy atom. The van der Waals surface area contributed by atoms with Crippen LogP contribution in [0.3, 0.4) is 0 Å². The second-order valence-electron chi connectivity index (χ2n) is 7.59. The first-order valence-corrected chi connectivity index (χ1v) is 8.43. The summed E-state index contributed by atoms with van der Waals surface area (Å²) in [5.74, 6) is 0. The highest BCUT2D eigenvalue weighted by Crippen LogP contribution is 2.32. The molecule has 0 spiro atoms. The van der Waals surface area contributed by atoms with Gasteiger partial charge in [-0.3, -0.25) is 4.90 Å². The third-order valence-corrected chi connectivity index (χ3v) is 3.91. The van der Waals surface area contributed by atoms with Crippen LogP contribution in [-0.2, 0) is 9.47 Å². The molecule has 1 amide bonds. The number of hydrogen-bond acceptors (Lipinski definition) is 4. The molecule has 0 aromatic rings. The molecule has 0 aromatic heterocycles. The van der Waals surface area contributed by atoms with Gasteiger partial charge in [-0.2, -0.15) is 0 Å². The Bertz CT molecular complexity index is 362. The average molecular weight is 315 g/mol. The summed E-state index contributed by atoms with van der Waals surface area (Å²) in [4.78, 5) is 14.0. The highest BCUT2D eigenvalue weighted by atomic mass is 16.6. The zero-order valence-corrected chi connectivity index (χ0v) is 15.0. The molecule has 0 aromatic carbocycles. The molecule has 1 aliphatic rings. The van der Waals surface area contributed by atoms with Gasteiger partial charge in [-0.05, 0) is 41.0 Å². The molecule has 1 aliphatic heterocycles. The number of nitrogens with zero attached hydrogens (tertiary/aromatic N) is 1. The van der Waals surface area contributed by atoms with Crippen molar-refractivity contribution in [3.8, 4) is 0 Å². The van der Waals surface area contributed by atoms with Gasteiger partial charge in [0.25, 0.3) is 0 Å².